The lowest BCUT2D eigenvalue weighted by molar-refractivity contribution is -0.386. The van der Waals surface area contributed by atoms with Gasteiger partial charge in [0.05, 0.1) is 17.1 Å². The summed E-state index contributed by atoms with van der Waals surface area (Å²) >= 11 is 0.933. The highest BCUT2D eigenvalue weighted by molar-refractivity contribution is 8.13. The standard InChI is InChI=1S/C12H14FNO6S/c1-6(15)21-3-2-10(16)12(18)8-4-7(13)5-9(11(8)17)14(19)20/h4-5,10,12,16-18H,2-3H2,1H3. The second-order valence-corrected chi connectivity index (χ2v) is 5.53. The van der Waals surface area contributed by atoms with Gasteiger partial charge in [0.15, 0.2) is 5.12 Å². The fourth-order valence-corrected chi connectivity index (χ4v) is 2.31. The van der Waals surface area contributed by atoms with E-state index in [-0.39, 0.29) is 17.3 Å². The van der Waals surface area contributed by atoms with Gasteiger partial charge in [-0.2, -0.15) is 0 Å². The normalized spacial score (nSPS) is 13.7. The van der Waals surface area contributed by atoms with Crippen LogP contribution in [0.3, 0.4) is 0 Å². The maximum Gasteiger partial charge on any atom is 0.314 e. The molecule has 0 spiro atoms. The third-order valence-corrected chi connectivity index (χ3v) is 3.53. The second-order valence-electron chi connectivity index (χ2n) is 4.26. The predicted molar refractivity (Wildman–Crippen MR) is 73.4 cm³/mol. The number of aromatic hydroxyl groups is 1. The van der Waals surface area contributed by atoms with Gasteiger partial charge in [-0.15, -0.1) is 0 Å². The number of hydrogen-bond acceptors (Lipinski definition) is 7. The summed E-state index contributed by atoms with van der Waals surface area (Å²) in [5, 5.41) is 39.8. The first-order valence-electron chi connectivity index (χ1n) is 5.90. The van der Waals surface area contributed by atoms with E-state index in [9.17, 15) is 34.6 Å². The Labute approximate surface area is 123 Å². The summed E-state index contributed by atoms with van der Waals surface area (Å²) < 4.78 is 13.3. The Bertz CT molecular complexity index is 553. The molecule has 0 saturated carbocycles. The molecule has 9 heteroatoms. The summed E-state index contributed by atoms with van der Waals surface area (Å²) in [6, 6.07) is 1.23. The summed E-state index contributed by atoms with van der Waals surface area (Å²) in [5.41, 5.74) is -1.36. The van der Waals surface area contributed by atoms with Gasteiger partial charge in [0.25, 0.3) is 0 Å². The van der Waals surface area contributed by atoms with Gasteiger partial charge >= 0.3 is 5.69 Å². The van der Waals surface area contributed by atoms with Crippen LogP contribution in [0.2, 0.25) is 0 Å². The zero-order valence-corrected chi connectivity index (χ0v) is 11.8. The quantitative estimate of drug-likeness (QED) is 0.536. The van der Waals surface area contributed by atoms with Gasteiger partial charge in [-0.1, -0.05) is 11.8 Å². The van der Waals surface area contributed by atoms with Crippen molar-refractivity contribution in [2.45, 2.75) is 25.6 Å². The highest BCUT2D eigenvalue weighted by Gasteiger charge is 2.27. The first kappa shape index (κ1) is 17.3. The molecule has 0 aliphatic heterocycles. The van der Waals surface area contributed by atoms with Gasteiger partial charge < -0.3 is 15.3 Å². The average Bonchev–Trinajstić information content (AvgIpc) is 2.39. The molecule has 0 amide bonds. The van der Waals surface area contributed by atoms with E-state index in [1.165, 1.54) is 6.92 Å². The van der Waals surface area contributed by atoms with Gasteiger partial charge in [0.1, 0.15) is 11.9 Å². The van der Waals surface area contributed by atoms with E-state index >= 15 is 0 Å². The Kier molecular flexibility index (Phi) is 6.06. The minimum Gasteiger partial charge on any atom is -0.502 e. The van der Waals surface area contributed by atoms with Crippen molar-refractivity contribution >= 4 is 22.6 Å². The Balaban J connectivity index is 2.93. The number of phenols is 1. The topological polar surface area (TPSA) is 121 Å². The van der Waals surface area contributed by atoms with Crippen LogP contribution in [0.25, 0.3) is 0 Å². The first-order chi connectivity index (χ1) is 9.73. The zero-order valence-electron chi connectivity index (χ0n) is 11.0. The number of rotatable bonds is 6. The number of nitro benzene ring substituents is 1. The molecule has 2 atom stereocenters. The fourth-order valence-electron chi connectivity index (χ4n) is 1.66. The Morgan fingerprint density at radius 2 is 2.10 bits per heavy atom. The van der Waals surface area contributed by atoms with E-state index in [2.05, 4.69) is 0 Å². The van der Waals surface area contributed by atoms with Crippen molar-refractivity contribution in [3.63, 3.8) is 0 Å². The van der Waals surface area contributed by atoms with E-state index in [4.69, 9.17) is 0 Å². The van der Waals surface area contributed by atoms with E-state index in [0.717, 1.165) is 11.8 Å². The number of nitrogens with zero attached hydrogens (tertiary/aromatic N) is 1. The van der Waals surface area contributed by atoms with Gasteiger partial charge in [-0.25, -0.2) is 4.39 Å². The van der Waals surface area contributed by atoms with Crippen LogP contribution < -0.4 is 0 Å². The number of benzene rings is 1. The molecule has 0 aromatic heterocycles. The molecule has 0 radical (unpaired) electrons. The van der Waals surface area contributed by atoms with Crippen LogP contribution in [0.4, 0.5) is 10.1 Å². The molecular formula is C12H14FNO6S. The van der Waals surface area contributed by atoms with Gasteiger partial charge in [-0.05, 0) is 12.5 Å². The summed E-state index contributed by atoms with van der Waals surface area (Å²) in [6.45, 7) is 1.34. The Morgan fingerprint density at radius 1 is 1.48 bits per heavy atom. The molecule has 3 N–H and O–H groups in total. The predicted octanol–water partition coefficient (Wildman–Crippen LogP) is 1.50. The summed E-state index contributed by atoms with van der Waals surface area (Å²) in [5.74, 6) is -1.70. The van der Waals surface area contributed by atoms with Crippen LogP contribution in [-0.2, 0) is 4.79 Å². The minimum absolute atomic E-state index is 0.00480. The molecule has 116 valence electrons. The number of carbonyl (C=O) groups excluding carboxylic acids is 1. The third kappa shape index (κ3) is 4.66. The molecular weight excluding hydrogens is 305 g/mol. The maximum atomic E-state index is 13.3. The highest BCUT2D eigenvalue weighted by Crippen LogP contribution is 2.36. The fraction of sp³-hybridized carbons (Fsp3) is 0.417. The summed E-state index contributed by atoms with van der Waals surface area (Å²) in [4.78, 5) is 20.4. The maximum absolute atomic E-state index is 13.3. The van der Waals surface area contributed by atoms with Crippen molar-refractivity contribution in [3.05, 3.63) is 33.6 Å². The Morgan fingerprint density at radius 3 is 2.62 bits per heavy atom. The number of nitro groups is 1. The molecule has 0 aliphatic rings. The molecule has 0 fully saturated rings. The van der Waals surface area contributed by atoms with Gasteiger partial charge in [0.2, 0.25) is 5.75 Å². The number of phenolic OH excluding ortho intramolecular Hbond substituents is 1. The van der Waals surface area contributed by atoms with Crippen LogP contribution >= 0.6 is 11.8 Å². The van der Waals surface area contributed by atoms with Crippen molar-refractivity contribution in [3.8, 4) is 5.75 Å². The van der Waals surface area contributed by atoms with E-state index in [1.807, 2.05) is 0 Å². The molecule has 0 heterocycles. The van der Waals surface area contributed by atoms with Gasteiger partial charge in [0, 0.05) is 18.2 Å². The largest absolute Gasteiger partial charge is 0.502 e. The third-order valence-electron chi connectivity index (χ3n) is 2.68. The molecule has 0 saturated heterocycles. The molecule has 21 heavy (non-hydrogen) atoms. The van der Waals surface area contributed by atoms with Crippen LogP contribution in [0.5, 0.6) is 5.75 Å². The van der Waals surface area contributed by atoms with Crippen LogP contribution in [0.1, 0.15) is 25.0 Å². The van der Waals surface area contributed by atoms with Gasteiger partial charge in [-0.3, -0.25) is 14.9 Å². The van der Waals surface area contributed by atoms with Crippen molar-refractivity contribution in [1.29, 1.82) is 0 Å². The highest BCUT2D eigenvalue weighted by atomic mass is 32.2. The number of thioether (sulfide) groups is 1. The molecule has 1 aromatic rings. The number of aliphatic hydroxyl groups is 2. The monoisotopic (exact) mass is 319 g/mol. The van der Waals surface area contributed by atoms with E-state index < -0.39 is 39.9 Å². The van der Waals surface area contributed by atoms with Crippen molar-refractivity contribution in [2.75, 3.05) is 5.75 Å². The van der Waals surface area contributed by atoms with Crippen LogP contribution in [0, 0.1) is 15.9 Å². The Hall–Kier alpha value is -1.71. The van der Waals surface area contributed by atoms with E-state index in [1.54, 1.807) is 0 Å². The minimum atomic E-state index is -1.70. The number of aliphatic hydroxyl groups excluding tert-OH is 2. The SMILES string of the molecule is CC(=O)SCCC(O)C(O)c1cc(F)cc([N+](=O)[O-])c1O. The lowest BCUT2D eigenvalue weighted by Crippen LogP contribution is -2.19. The number of hydrogen-bond donors (Lipinski definition) is 3. The number of halogens is 1. The molecule has 7 nitrogen and oxygen atoms in total. The number of carbonyl (C=O) groups is 1. The zero-order chi connectivity index (χ0) is 16.2. The van der Waals surface area contributed by atoms with Crippen molar-refractivity contribution in [1.82, 2.24) is 0 Å². The second kappa shape index (κ2) is 7.34. The van der Waals surface area contributed by atoms with Crippen LogP contribution in [0.15, 0.2) is 12.1 Å². The molecule has 1 aromatic carbocycles. The smallest absolute Gasteiger partial charge is 0.314 e. The summed E-state index contributed by atoms with van der Waals surface area (Å²) in [6.07, 6.45) is -3.11. The van der Waals surface area contributed by atoms with E-state index in [0.29, 0.717) is 12.1 Å². The molecule has 2 unspecified atom stereocenters. The first-order valence-corrected chi connectivity index (χ1v) is 6.89. The molecule has 1 rings (SSSR count). The lowest BCUT2D eigenvalue weighted by atomic mass is 10.0. The lowest BCUT2D eigenvalue weighted by Gasteiger charge is -2.18. The average molecular weight is 319 g/mol. The van der Waals surface area contributed by atoms with Crippen LogP contribution in [-0.4, -0.2) is 37.2 Å². The molecule has 0 aliphatic carbocycles. The molecule has 0 bridgehead atoms. The summed E-state index contributed by atoms with van der Waals surface area (Å²) in [7, 11) is 0. The van der Waals surface area contributed by atoms with Crippen molar-refractivity contribution in [2.24, 2.45) is 0 Å². The van der Waals surface area contributed by atoms with Crippen molar-refractivity contribution < 1.29 is 29.4 Å².